The first-order chi connectivity index (χ1) is 12.5. The number of anilines is 1. The summed E-state index contributed by atoms with van der Waals surface area (Å²) in [6.07, 6.45) is 2.12. The van der Waals surface area contributed by atoms with Crippen LogP contribution in [0.1, 0.15) is 24.3 Å². The van der Waals surface area contributed by atoms with E-state index in [2.05, 4.69) is 17.3 Å². The summed E-state index contributed by atoms with van der Waals surface area (Å²) in [6.45, 7) is 1.99. The van der Waals surface area contributed by atoms with Crippen molar-refractivity contribution in [2.75, 3.05) is 32.1 Å². The van der Waals surface area contributed by atoms with Crippen molar-refractivity contribution in [2.24, 2.45) is 0 Å². The van der Waals surface area contributed by atoms with E-state index in [-0.39, 0.29) is 0 Å². The first-order valence-electron chi connectivity index (χ1n) is 8.99. The molecular formula is C20H24N2O3S. The molecule has 5 nitrogen and oxygen atoms in total. The lowest BCUT2D eigenvalue weighted by Gasteiger charge is -2.24. The van der Waals surface area contributed by atoms with Crippen LogP contribution in [0, 0.1) is 0 Å². The highest BCUT2D eigenvalue weighted by Crippen LogP contribution is 2.44. The monoisotopic (exact) mass is 372 g/mol. The van der Waals surface area contributed by atoms with Crippen molar-refractivity contribution in [2.45, 2.75) is 34.6 Å². The Labute approximate surface area is 154 Å². The Hall–Kier alpha value is -2.05. The van der Waals surface area contributed by atoms with Gasteiger partial charge >= 0.3 is 0 Å². The standard InChI is InChI=1S/C20H24N2O3S/c1-22-19-8-7-16(13-18(19)17-9-11-21-12-10-20(17)22)26(23,24)15-5-3-14(25-2)4-6-15/h3-8,13,17,20-21H,9-12H2,1-2H3/t17-,20-/m0/s1. The Kier molecular flexibility index (Phi) is 4.40. The van der Waals surface area contributed by atoms with Crippen molar-refractivity contribution in [1.82, 2.24) is 5.32 Å². The molecule has 0 radical (unpaired) electrons. The highest BCUT2D eigenvalue weighted by atomic mass is 32.2. The maximum atomic E-state index is 13.1. The Balaban J connectivity index is 1.74. The Morgan fingerprint density at radius 1 is 1.04 bits per heavy atom. The number of rotatable bonds is 3. The van der Waals surface area contributed by atoms with Crippen molar-refractivity contribution < 1.29 is 13.2 Å². The predicted molar refractivity (Wildman–Crippen MR) is 102 cm³/mol. The molecule has 2 aliphatic rings. The number of sulfone groups is 1. The summed E-state index contributed by atoms with van der Waals surface area (Å²) in [4.78, 5) is 2.98. The van der Waals surface area contributed by atoms with Crippen LogP contribution in [0.2, 0.25) is 0 Å². The van der Waals surface area contributed by atoms with Crippen molar-refractivity contribution >= 4 is 15.5 Å². The molecule has 0 saturated carbocycles. The average molecular weight is 372 g/mol. The van der Waals surface area contributed by atoms with Crippen LogP contribution in [0.15, 0.2) is 52.3 Å². The fraction of sp³-hybridized carbons (Fsp3) is 0.400. The molecule has 2 aromatic rings. The van der Waals surface area contributed by atoms with Gasteiger partial charge in [0, 0.05) is 24.7 Å². The van der Waals surface area contributed by atoms with Gasteiger partial charge in [0.05, 0.1) is 16.9 Å². The zero-order valence-corrected chi connectivity index (χ0v) is 15.9. The van der Waals surface area contributed by atoms with Gasteiger partial charge in [0.1, 0.15) is 5.75 Å². The predicted octanol–water partition coefficient (Wildman–Crippen LogP) is 2.81. The van der Waals surface area contributed by atoms with Gasteiger partial charge in [0.2, 0.25) is 9.84 Å². The molecule has 2 aromatic carbocycles. The average Bonchev–Trinajstić information content (AvgIpc) is 2.83. The molecule has 2 heterocycles. The Morgan fingerprint density at radius 3 is 2.46 bits per heavy atom. The van der Waals surface area contributed by atoms with Gasteiger partial charge in [0.15, 0.2) is 0 Å². The van der Waals surface area contributed by atoms with E-state index >= 15 is 0 Å². The van der Waals surface area contributed by atoms with Gasteiger partial charge in [-0.15, -0.1) is 0 Å². The van der Waals surface area contributed by atoms with Crippen molar-refractivity contribution in [1.29, 1.82) is 0 Å². The van der Waals surface area contributed by atoms with Crippen LogP contribution in [-0.2, 0) is 9.84 Å². The van der Waals surface area contributed by atoms with Crippen LogP contribution in [0.5, 0.6) is 5.75 Å². The summed E-state index contributed by atoms with van der Waals surface area (Å²) in [6, 6.07) is 12.6. The second-order valence-electron chi connectivity index (χ2n) is 7.01. The summed E-state index contributed by atoms with van der Waals surface area (Å²) < 4.78 is 31.3. The summed E-state index contributed by atoms with van der Waals surface area (Å²) in [5, 5.41) is 3.45. The number of nitrogens with zero attached hydrogens (tertiary/aromatic N) is 1. The summed E-state index contributed by atoms with van der Waals surface area (Å²) in [5.74, 6) is 1.03. The summed E-state index contributed by atoms with van der Waals surface area (Å²) in [5.41, 5.74) is 2.33. The second kappa shape index (κ2) is 6.59. The van der Waals surface area contributed by atoms with E-state index in [1.807, 2.05) is 12.1 Å². The topological polar surface area (TPSA) is 58.6 Å². The first-order valence-corrected chi connectivity index (χ1v) is 10.5. The van der Waals surface area contributed by atoms with E-state index in [0.717, 1.165) is 37.2 Å². The first kappa shape index (κ1) is 17.4. The Morgan fingerprint density at radius 2 is 1.73 bits per heavy atom. The fourth-order valence-electron chi connectivity index (χ4n) is 4.24. The number of hydrogen-bond acceptors (Lipinski definition) is 5. The van der Waals surface area contributed by atoms with Gasteiger partial charge in [-0.05, 0) is 74.0 Å². The maximum absolute atomic E-state index is 13.1. The van der Waals surface area contributed by atoms with E-state index in [0.29, 0.717) is 27.5 Å². The lowest BCUT2D eigenvalue weighted by Crippen LogP contribution is -2.30. The SMILES string of the molecule is COc1ccc(S(=O)(=O)c2ccc3c(c2)[C@@H]2CCNCC[C@@H]2N3C)cc1. The Bertz CT molecular complexity index is 909. The molecule has 0 aliphatic carbocycles. The molecule has 0 amide bonds. The van der Waals surface area contributed by atoms with Crippen LogP contribution in [0.25, 0.3) is 0 Å². The van der Waals surface area contributed by atoms with E-state index in [4.69, 9.17) is 4.74 Å². The molecule has 0 unspecified atom stereocenters. The lowest BCUT2D eigenvalue weighted by atomic mass is 9.91. The van der Waals surface area contributed by atoms with Crippen LogP contribution < -0.4 is 15.0 Å². The van der Waals surface area contributed by atoms with E-state index < -0.39 is 9.84 Å². The van der Waals surface area contributed by atoms with Gasteiger partial charge in [-0.3, -0.25) is 0 Å². The molecule has 0 aromatic heterocycles. The summed E-state index contributed by atoms with van der Waals surface area (Å²) >= 11 is 0. The molecule has 0 bridgehead atoms. The van der Waals surface area contributed by atoms with Crippen molar-refractivity contribution in [3.8, 4) is 5.75 Å². The number of hydrogen-bond donors (Lipinski definition) is 1. The quantitative estimate of drug-likeness (QED) is 0.898. The third kappa shape index (κ3) is 2.77. The minimum absolute atomic E-state index is 0.295. The molecule has 0 spiro atoms. The minimum Gasteiger partial charge on any atom is -0.497 e. The van der Waals surface area contributed by atoms with E-state index in [1.165, 1.54) is 0 Å². The number of fused-ring (bicyclic) bond motifs is 3. The number of ether oxygens (including phenoxy) is 1. The molecule has 26 heavy (non-hydrogen) atoms. The van der Waals surface area contributed by atoms with Crippen molar-refractivity contribution in [3.63, 3.8) is 0 Å². The van der Waals surface area contributed by atoms with Crippen LogP contribution in [0.4, 0.5) is 5.69 Å². The van der Waals surface area contributed by atoms with Gasteiger partial charge in [0.25, 0.3) is 0 Å². The lowest BCUT2D eigenvalue weighted by molar-refractivity contribution is 0.414. The van der Waals surface area contributed by atoms with E-state index in [9.17, 15) is 8.42 Å². The van der Waals surface area contributed by atoms with Crippen LogP contribution in [-0.4, -0.2) is 41.7 Å². The van der Waals surface area contributed by atoms with Gasteiger partial charge in [-0.1, -0.05) is 0 Å². The fourth-order valence-corrected chi connectivity index (χ4v) is 5.54. The van der Waals surface area contributed by atoms with Gasteiger partial charge < -0.3 is 15.0 Å². The highest BCUT2D eigenvalue weighted by molar-refractivity contribution is 7.91. The highest BCUT2D eigenvalue weighted by Gasteiger charge is 2.37. The minimum atomic E-state index is -3.54. The smallest absolute Gasteiger partial charge is 0.206 e. The zero-order valence-electron chi connectivity index (χ0n) is 15.1. The van der Waals surface area contributed by atoms with Crippen molar-refractivity contribution in [3.05, 3.63) is 48.0 Å². The van der Waals surface area contributed by atoms with Gasteiger partial charge in [-0.25, -0.2) is 8.42 Å². The second-order valence-corrected chi connectivity index (χ2v) is 8.96. The normalized spacial score (nSPS) is 22.5. The molecule has 2 aliphatic heterocycles. The largest absolute Gasteiger partial charge is 0.497 e. The molecule has 6 heteroatoms. The molecule has 1 fully saturated rings. The molecule has 1 saturated heterocycles. The van der Waals surface area contributed by atoms with Gasteiger partial charge in [-0.2, -0.15) is 0 Å². The summed E-state index contributed by atoms with van der Waals surface area (Å²) in [7, 11) is 0.146. The maximum Gasteiger partial charge on any atom is 0.206 e. The third-order valence-electron chi connectivity index (χ3n) is 5.67. The molecule has 4 rings (SSSR count). The molecule has 138 valence electrons. The van der Waals surface area contributed by atoms with Crippen LogP contribution in [0.3, 0.4) is 0 Å². The molecule has 2 atom stereocenters. The van der Waals surface area contributed by atoms with E-state index in [1.54, 1.807) is 37.4 Å². The van der Waals surface area contributed by atoms with Crippen LogP contribution >= 0.6 is 0 Å². The zero-order chi connectivity index (χ0) is 18.3. The number of benzene rings is 2. The molecular weight excluding hydrogens is 348 g/mol. The number of likely N-dealkylation sites (N-methyl/N-ethyl adjacent to an activating group) is 1. The molecule has 1 N–H and O–H groups in total. The number of methoxy groups -OCH3 is 1. The number of nitrogens with one attached hydrogen (secondary N) is 1. The third-order valence-corrected chi connectivity index (χ3v) is 7.44.